The Morgan fingerprint density at radius 3 is 2.96 bits per heavy atom. The molecular formula is C16H17FN4O4. The Balaban J connectivity index is 1.58. The predicted molar refractivity (Wildman–Crippen MR) is 83.9 cm³/mol. The Morgan fingerprint density at radius 2 is 2.28 bits per heavy atom. The van der Waals surface area contributed by atoms with Crippen LogP contribution < -0.4 is 5.32 Å². The first-order valence-electron chi connectivity index (χ1n) is 7.72. The van der Waals surface area contributed by atoms with Gasteiger partial charge in [-0.3, -0.25) is 4.79 Å². The number of benzene rings is 1. The fourth-order valence-corrected chi connectivity index (χ4v) is 2.64. The number of halogens is 1. The summed E-state index contributed by atoms with van der Waals surface area (Å²) >= 11 is 0. The zero-order valence-corrected chi connectivity index (χ0v) is 13.5. The number of carbonyl (C=O) groups is 2. The standard InChI is InChI=1S/C16H17FN4O4/c1-16(14(22)23)5-6-21(9-16)15(24)18-8-12-19-13(20-25-12)10-3-2-4-11(17)7-10/h2-4,7H,5-6,8-9H2,1H3,(H,18,24)(H,22,23). The van der Waals surface area contributed by atoms with Crippen LogP contribution >= 0.6 is 0 Å². The third-order valence-electron chi connectivity index (χ3n) is 4.22. The molecule has 0 radical (unpaired) electrons. The van der Waals surface area contributed by atoms with Crippen LogP contribution in [-0.2, 0) is 11.3 Å². The number of rotatable bonds is 4. The van der Waals surface area contributed by atoms with Gasteiger partial charge in [-0.05, 0) is 25.5 Å². The summed E-state index contributed by atoms with van der Waals surface area (Å²) in [7, 11) is 0. The fourth-order valence-electron chi connectivity index (χ4n) is 2.64. The van der Waals surface area contributed by atoms with Gasteiger partial charge in [-0.1, -0.05) is 17.3 Å². The molecule has 0 aliphatic carbocycles. The van der Waals surface area contributed by atoms with Crippen molar-refractivity contribution in [1.29, 1.82) is 0 Å². The third kappa shape index (κ3) is 3.59. The number of carboxylic acids is 1. The number of carboxylic acid groups (broad SMARTS) is 1. The first-order valence-corrected chi connectivity index (χ1v) is 7.72. The molecule has 8 nitrogen and oxygen atoms in total. The highest BCUT2D eigenvalue weighted by molar-refractivity contribution is 5.79. The number of urea groups is 1. The average molecular weight is 348 g/mol. The van der Waals surface area contributed by atoms with Gasteiger partial charge in [0.2, 0.25) is 11.7 Å². The highest BCUT2D eigenvalue weighted by Gasteiger charge is 2.42. The maximum Gasteiger partial charge on any atom is 0.317 e. The van der Waals surface area contributed by atoms with Gasteiger partial charge < -0.3 is 19.8 Å². The van der Waals surface area contributed by atoms with Crippen LogP contribution in [-0.4, -0.2) is 45.2 Å². The molecule has 1 aliphatic heterocycles. The Hall–Kier alpha value is -2.97. The van der Waals surface area contributed by atoms with Gasteiger partial charge in [-0.25, -0.2) is 9.18 Å². The van der Waals surface area contributed by atoms with E-state index in [1.165, 1.54) is 23.1 Å². The summed E-state index contributed by atoms with van der Waals surface area (Å²) in [4.78, 5) is 28.9. The monoisotopic (exact) mass is 348 g/mol. The van der Waals surface area contributed by atoms with E-state index in [2.05, 4.69) is 15.5 Å². The van der Waals surface area contributed by atoms with Crippen molar-refractivity contribution in [2.24, 2.45) is 5.41 Å². The van der Waals surface area contributed by atoms with Gasteiger partial charge in [-0.15, -0.1) is 0 Å². The van der Waals surface area contributed by atoms with Crippen molar-refractivity contribution in [3.63, 3.8) is 0 Å². The molecule has 0 saturated carbocycles. The molecule has 2 amide bonds. The smallest absolute Gasteiger partial charge is 0.317 e. The Labute approximate surface area is 142 Å². The van der Waals surface area contributed by atoms with Gasteiger partial charge in [0.1, 0.15) is 5.82 Å². The molecule has 1 aliphatic rings. The van der Waals surface area contributed by atoms with Crippen LogP contribution in [0.5, 0.6) is 0 Å². The summed E-state index contributed by atoms with van der Waals surface area (Å²) in [5.74, 6) is -0.928. The van der Waals surface area contributed by atoms with Crippen LogP contribution in [0.2, 0.25) is 0 Å². The van der Waals surface area contributed by atoms with Crippen LogP contribution in [0.4, 0.5) is 9.18 Å². The molecule has 1 aromatic heterocycles. The molecule has 1 fully saturated rings. The Kier molecular flexibility index (Phi) is 4.39. The van der Waals surface area contributed by atoms with E-state index in [0.717, 1.165) is 0 Å². The van der Waals surface area contributed by atoms with Gasteiger partial charge in [0.15, 0.2) is 0 Å². The van der Waals surface area contributed by atoms with E-state index in [0.29, 0.717) is 18.5 Å². The molecule has 2 N–H and O–H groups in total. The molecule has 2 aromatic rings. The molecule has 1 atom stereocenters. The number of hydrogen-bond donors (Lipinski definition) is 2. The van der Waals surface area contributed by atoms with Crippen LogP contribution in [0.1, 0.15) is 19.2 Å². The second-order valence-corrected chi connectivity index (χ2v) is 6.22. The number of nitrogens with one attached hydrogen (secondary N) is 1. The first kappa shape index (κ1) is 16.9. The van der Waals surface area contributed by atoms with Gasteiger partial charge in [0.05, 0.1) is 12.0 Å². The van der Waals surface area contributed by atoms with Crippen molar-refractivity contribution < 1.29 is 23.6 Å². The summed E-state index contributed by atoms with van der Waals surface area (Å²) in [5.41, 5.74) is -0.454. The molecule has 132 valence electrons. The SMILES string of the molecule is CC1(C(=O)O)CCN(C(=O)NCc2nc(-c3cccc(F)c3)no2)C1. The Morgan fingerprint density at radius 1 is 1.48 bits per heavy atom. The van der Waals surface area contributed by atoms with E-state index in [4.69, 9.17) is 4.52 Å². The lowest BCUT2D eigenvalue weighted by Crippen LogP contribution is -2.40. The molecule has 3 rings (SSSR count). The number of aliphatic carboxylic acids is 1. The summed E-state index contributed by atoms with van der Waals surface area (Å²) in [6, 6.07) is 5.38. The second-order valence-electron chi connectivity index (χ2n) is 6.22. The van der Waals surface area contributed by atoms with Crippen LogP contribution in [0.15, 0.2) is 28.8 Å². The third-order valence-corrected chi connectivity index (χ3v) is 4.22. The van der Waals surface area contributed by atoms with Gasteiger partial charge >= 0.3 is 12.0 Å². The lowest BCUT2D eigenvalue weighted by molar-refractivity contribution is -0.147. The number of amides is 2. The van der Waals surface area contributed by atoms with E-state index in [-0.39, 0.29) is 24.8 Å². The van der Waals surface area contributed by atoms with E-state index >= 15 is 0 Å². The molecule has 2 heterocycles. The van der Waals surface area contributed by atoms with Crippen LogP contribution in [0.25, 0.3) is 11.4 Å². The van der Waals surface area contributed by atoms with Crippen molar-refractivity contribution in [3.8, 4) is 11.4 Å². The van der Waals surface area contributed by atoms with Crippen molar-refractivity contribution in [2.45, 2.75) is 19.9 Å². The number of aromatic nitrogens is 2. The van der Waals surface area contributed by atoms with Crippen molar-refractivity contribution in [3.05, 3.63) is 36.0 Å². The molecule has 25 heavy (non-hydrogen) atoms. The summed E-state index contributed by atoms with van der Waals surface area (Å²) in [6.45, 7) is 2.13. The molecule has 1 aromatic carbocycles. The zero-order chi connectivity index (χ0) is 18.0. The summed E-state index contributed by atoms with van der Waals surface area (Å²) < 4.78 is 18.3. The number of likely N-dealkylation sites (tertiary alicyclic amines) is 1. The van der Waals surface area contributed by atoms with E-state index in [9.17, 15) is 19.1 Å². The zero-order valence-electron chi connectivity index (χ0n) is 13.5. The second kappa shape index (κ2) is 6.50. The molecule has 1 saturated heterocycles. The minimum Gasteiger partial charge on any atom is -0.481 e. The fraction of sp³-hybridized carbons (Fsp3) is 0.375. The normalized spacial score (nSPS) is 19.8. The quantitative estimate of drug-likeness (QED) is 0.873. The topological polar surface area (TPSA) is 109 Å². The van der Waals surface area contributed by atoms with Gasteiger partial charge in [0.25, 0.3) is 0 Å². The first-order chi connectivity index (χ1) is 11.9. The lowest BCUT2D eigenvalue weighted by atomic mass is 9.90. The number of hydrogen-bond acceptors (Lipinski definition) is 5. The van der Waals surface area contributed by atoms with Gasteiger partial charge in [0, 0.05) is 18.7 Å². The lowest BCUT2D eigenvalue weighted by Gasteiger charge is -2.20. The summed E-state index contributed by atoms with van der Waals surface area (Å²) in [5, 5.41) is 15.6. The maximum absolute atomic E-state index is 13.2. The minimum absolute atomic E-state index is 0.00142. The van der Waals surface area contributed by atoms with Crippen molar-refractivity contribution in [2.75, 3.05) is 13.1 Å². The number of carbonyl (C=O) groups excluding carboxylic acids is 1. The highest BCUT2D eigenvalue weighted by atomic mass is 19.1. The maximum atomic E-state index is 13.2. The Bertz CT molecular complexity index is 809. The predicted octanol–water partition coefficient (Wildman–Crippen LogP) is 1.88. The van der Waals surface area contributed by atoms with Crippen LogP contribution in [0, 0.1) is 11.2 Å². The van der Waals surface area contributed by atoms with E-state index in [1.54, 1.807) is 13.0 Å². The minimum atomic E-state index is -0.924. The van der Waals surface area contributed by atoms with Gasteiger partial charge in [-0.2, -0.15) is 4.98 Å². The largest absolute Gasteiger partial charge is 0.481 e. The molecular weight excluding hydrogens is 331 g/mol. The number of nitrogens with zero attached hydrogens (tertiary/aromatic N) is 3. The van der Waals surface area contributed by atoms with E-state index < -0.39 is 23.2 Å². The van der Waals surface area contributed by atoms with E-state index in [1.807, 2.05) is 0 Å². The summed E-state index contributed by atoms with van der Waals surface area (Å²) in [6.07, 6.45) is 0.403. The van der Waals surface area contributed by atoms with Crippen molar-refractivity contribution >= 4 is 12.0 Å². The van der Waals surface area contributed by atoms with Crippen LogP contribution in [0.3, 0.4) is 0 Å². The molecule has 1 unspecified atom stereocenters. The molecule has 0 spiro atoms. The highest BCUT2D eigenvalue weighted by Crippen LogP contribution is 2.30. The van der Waals surface area contributed by atoms with Crippen molar-refractivity contribution in [1.82, 2.24) is 20.4 Å². The molecule has 0 bridgehead atoms. The molecule has 9 heteroatoms. The average Bonchev–Trinajstić information content (AvgIpc) is 3.20.